The molecule has 0 aliphatic carbocycles. The standard InChI is InChI=1S/C17H25N3O2.ClH/c1-12(2)16(18)17(22)19-10-13-6-3-4-7-14(13)11-20-9-5-8-15(20)21;/h3-4,6-7,12,16H,5,8-11,18H2,1-2H3,(H,19,22);1H/t16-;/m0./s1. The van der Waals surface area contributed by atoms with Gasteiger partial charge in [0, 0.05) is 26.1 Å². The first-order valence-electron chi connectivity index (χ1n) is 7.87. The van der Waals surface area contributed by atoms with Crippen molar-refractivity contribution in [2.45, 2.75) is 45.8 Å². The number of carbonyl (C=O) groups excluding carboxylic acids is 2. The van der Waals surface area contributed by atoms with Crippen molar-refractivity contribution in [2.24, 2.45) is 11.7 Å². The van der Waals surface area contributed by atoms with Gasteiger partial charge in [-0.2, -0.15) is 0 Å². The molecule has 3 N–H and O–H groups in total. The first kappa shape index (κ1) is 19.5. The number of nitrogens with zero attached hydrogens (tertiary/aromatic N) is 1. The summed E-state index contributed by atoms with van der Waals surface area (Å²) in [4.78, 5) is 25.6. The van der Waals surface area contributed by atoms with Gasteiger partial charge in [0.25, 0.3) is 0 Å². The van der Waals surface area contributed by atoms with Crippen LogP contribution >= 0.6 is 12.4 Å². The van der Waals surface area contributed by atoms with Crippen molar-refractivity contribution in [3.63, 3.8) is 0 Å². The highest BCUT2D eigenvalue weighted by Crippen LogP contribution is 2.17. The van der Waals surface area contributed by atoms with Crippen LogP contribution in [0.25, 0.3) is 0 Å². The molecule has 1 aromatic rings. The lowest BCUT2D eigenvalue weighted by Gasteiger charge is -2.19. The Labute approximate surface area is 144 Å². The van der Waals surface area contributed by atoms with Gasteiger partial charge in [0.1, 0.15) is 0 Å². The highest BCUT2D eigenvalue weighted by Gasteiger charge is 2.21. The molecular formula is C17H26ClN3O2. The molecule has 1 aliphatic rings. The third-order valence-electron chi connectivity index (χ3n) is 4.13. The maximum atomic E-state index is 12.0. The second-order valence-corrected chi connectivity index (χ2v) is 6.18. The Kier molecular flexibility index (Phi) is 7.52. The number of amides is 2. The van der Waals surface area contributed by atoms with Crippen molar-refractivity contribution in [2.75, 3.05) is 6.54 Å². The number of nitrogens with two attached hydrogens (primary N) is 1. The molecule has 23 heavy (non-hydrogen) atoms. The van der Waals surface area contributed by atoms with Crippen molar-refractivity contribution >= 4 is 24.2 Å². The van der Waals surface area contributed by atoms with Gasteiger partial charge in [-0.15, -0.1) is 12.4 Å². The largest absolute Gasteiger partial charge is 0.351 e. The van der Waals surface area contributed by atoms with Crippen LogP contribution in [0.3, 0.4) is 0 Å². The van der Waals surface area contributed by atoms with Crippen molar-refractivity contribution < 1.29 is 9.59 Å². The molecule has 1 atom stereocenters. The fraction of sp³-hybridized carbons (Fsp3) is 0.529. The first-order valence-corrected chi connectivity index (χ1v) is 7.87. The maximum Gasteiger partial charge on any atom is 0.237 e. The van der Waals surface area contributed by atoms with Crippen LogP contribution in [0, 0.1) is 5.92 Å². The second-order valence-electron chi connectivity index (χ2n) is 6.18. The molecule has 0 spiro atoms. The Balaban J connectivity index is 0.00000264. The van der Waals surface area contributed by atoms with Gasteiger partial charge in [-0.25, -0.2) is 0 Å². The zero-order valence-electron chi connectivity index (χ0n) is 13.7. The zero-order valence-corrected chi connectivity index (χ0v) is 14.6. The first-order chi connectivity index (χ1) is 10.5. The molecule has 0 aromatic heterocycles. The Morgan fingerprint density at radius 1 is 1.30 bits per heavy atom. The van der Waals surface area contributed by atoms with Gasteiger partial charge in [0.15, 0.2) is 0 Å². The normalized spacial score (nSPS) is 15.5. The van der Waals surface area contributed by atoms with Crippen LogP contribution in [0.1, 0.15) is 37.8 Å². The van der Waals surface area contributed by atoms with E-state index >= 15 is 0 Å². The van der Waals surface area contributed by atoms with Crippen LogP contribution in [0.2, 0.25) is 0 Å². The topological polar surface area (TPSA) is 75.4 Å². The summed E-state index contributed by atoms with van der Waals surface area (Å²) in [5, 5.41) is 2.89. The van der Waals surface area contributed by atoms with E-state index in [-0.39, 0.29) is 30.1 Å². The number of carbonyl (C=O) groups is 2. The number of hydrogen-bond donors (Lipinski definition) is 2. The van der Waals surface area contributed by atoms with E-state index in [4.69, 9.17) is 5.73 Å². The minimum atomic E-state index is -0.493. The van der Waals surface area contributed by atoms with Gasteiger partial charge < -0.3 is 16.0 Å². The maximum absolute atomic E-state index is 12.0. The summed E-state index contributed by atoms with van der Waals surface area (Å²) in [6, 6.07) is 7.40. The van der Waals surface area contributed by atoms with Gasteiger partial charge in [0.2, 0.25) is 11.8 Å². The zero-order chi connectivity index (χ0) is 16.1. The van der Waals surface area contributed by atoms with Crippen molar-refractivity contribution in [3.8, 4) is 0 Å². The van der Waals surface area contributed by atoms with E-state index in [0.29, 0.717) is 19.5 Å². The predicted molar refractivity (Wildman–Crippen MR) is 93.0 cm³/mol. The lowest BCUT2D eigenvalue weighted by atomic mass is 10.0. The number of likely N-dealkylation sites (tertiary alicyclic amines) is 1. The minimum Gasteiger partial charge on any atom is -0.351 e. The molecule has 0 radical (unpaired) electrons. The molecule has 0 unspecified atom stereocenters. The highest BCUT2D eigenvalue weighted by atomic mass is 35.5. The number of halogens is 1. The molecule has 0 saturated carbocycles. The molecular weight excluding hydrogens is 314 g/mol. The number of hydrogen-bond acceptors (Lipinski definition) is 3. The molecule has 2 rings (SSSR count). The van der Waals surface area contributed by atoms with Crippen LogP contribution in [0.15, 0.2) is 24.3 Å². The summed E-state index contributed by atoms with van der Waals surface area (Å²) in [7, 11) is 0. The second kappa shape index (κ2) is 8.89. The van der Waals surface area contributed by atoms with Crippen molar-refractivity contribution in [3.05, 3.63) is 35.4 Å². The molecule has 6 heteroatoms. The van der Waals surface area contributed by atoms with Gasteiger partial charge in [-0.3, -0.25) is 9.59 Å². The van der Waals surface area contributed by atoms with E-state index in [9.17, 15) is 9.59 Å². The monoisotopic (exact) mass is 339 g/mol. The van der Waals surface area contributed by atoms with Crippen LogP contribution in [-0.2, 0) is 22.7 Å². The molecule has 5 nitrogen and oxygen atoms in total. The van der Waals surface area contributed by atoms with Crippen LogP contribution < -0.4 is 11.1 Å². The molecule has 1 aromatic carbocycles. The van der Waals surface area contributed by atoms with E-state index in [1.807, 2.05) is 43.0 Å². The summed E-state index contributed by atoms with van der Waals surface area (Å²) in [6.45, 7) is 5.73. The van der Waals surface area contributed by atoms with Crippen LogP contribution in [0.4, 0.5) is 0 Å². The molecule has 1 saturated heterocycles. The van der Waals surface area contributed by atoms with Crippen LogP contribution in [0.5, 0.6) is 0 Å². The summed E-state index contributed by atoms with van der Waals surface area (Å²) in [6.07, 6.45) is 1.57. The fourth-order valence-electron chi connectivity index (χ4n) is 2.56. The average molecular weight is 340 g/mol. The average Bonchev–Trinajstić information content (AvgIpc) is 2.90. The van der Waals surface area contributed by atoms with Crippen LogP contribution in [-0.4, -0.2) is 29.3 Å². The highest BCUT2D eigenvalue weighted by molar-refractivity contribution is 5.85. The van der Waals surface area contributed by atoms with E-state index in [0.717, 1.165) is 24.1 Å². The quantitative estimate of drug-likeness (QED) is 0.830. The Bertz CT molecular complexity index is 548. The van der Waals surface area contributed by atoms with E-state index < -0.39 is 6.04 Å². The summed E-state index contributed by atoms with van der Waals surface area (Å²) in [5.74, 6) is 0.181. The van der Waals surface area contributed by atoms with Gasteiger partial charge >= 0.3 is 0 Å². The molecule has 1 heterocycles. The lowest BCUT2D eigenvalue weighted by Crippen LogP contribution is -2.43. The molecule has 1 aliphatic heterocycles. The molecule has 0 bridgehead atoms. The Hall–Kier alpha value is -1.59. The molecule has 1 fully saturated rings. The number of rotatable bonds is 6. The summed E-state index contributed by atoms with van der Waals surface area (Å²) < 4.78 is 0. The molecule has 128 valence electrons. The Morgan fingerprint density at radius 2 is 1.96 bits per heavy atom. The summed E-state index contributed by atoms with van der Waals surface area (Å²) in [5.41, 5.74) is 7.96. The smallest absolute Gasteiger partial charge is 0.237 e. The van der Waals surface area contributed by atoms with Gasteiger partial charge in [0.05, 0.1) is 6.04 Å². The van der Waals surface area contributed by atoms with Gasteiger partial charge in [-0.1, -0.05) is 38.1 Å². The van der Waals surface area contributed by atoms with E-state index in [1.54, 1.807) is 0 Å². The van der Waals surface area contributed by atoms with Gasteiger partial charge in [-0.05, 0) is 23.5 Å². The molecule has 2 amide bonds. The number of nitrogens with one attached hydrogen (secondary N) is 1. The lowest BCUT2D eigenvalue weighted by molar-refractivity contribution is -0.128. The third-order valence-corrected chi connectivity index (χ3v) is 4.13. The number of benzene rings is 1. The minimum absolute atomic E-state index is 0. The third kappa shape index (κ3) is 5.22. The van der Waals surface area contributed by atoms with Crippen molar-refractivity contribution in [1.82, 2.24) is 10.2 Å². The fourth-order valence-corrected chi connectivity index (χ4v) is 2.56. The Morgan fingerprint density at radius 3 is 2.52 bits per heavy atom. The SMILES string of the molecule is CC(C)[C@H](N)C(=O)NCc1ccccc1CN1CCCC1=O.Cl. The summed E-state index contributed by atoms with van der Waals surface area (Å²) >= 11 is 0. The van der Waals surface area contributed by atoms with Crippen molar-refractivity contribution in [1.29, 1.82) is 0 Å². The van der Waals surface area contributed by atoms with E-state index in [1.165, 1.54) is 0 Å². The predicted octanol–water partition coefficient (Wildman–Crippen LogP) is 1.83. The van der Waals surface area contributed by atoms with E-state index in [2.05, 4.69) is 5.32 Å².